The summed E-state index contributed by atoms with van der Waals surface area (Å²) in [5.41, 5.74) is 1.52. The predicted molar refractivity (Wildman–Crippen MR) is 104 cm³/mol. The van der Waals surface area contributed by atoms with Gasteiger partial charge in [0.05, 0.1) is 25.2 Å². The van der Waals surface area contributed by atoms with Gasteiger partial charge in [0, 0.05) is 25.8 Å². The molecule has 1 heterocycles. The normalized spacial score (nSPS) is 16.9. The summed E-state index contributed by atoms with van der Waals surface area (Å²) in [6, 6.07) is 5.97. The fourth-order valence-corrected chi connectivity index (χ4v) is 3.69. The number of piperidine rings is 1. The number of hydrogen-bond donors (Lipinski definition) is 1. The molecule has 1 aliphatic rings. The van der Waals surface area contributed by atoms with Gasteiger partial charge in [-0.3, -0.25) is 9.69 Å². The van der Waals surface area contributed by atoms with E-state index in [1.165, 1.54) is 0 Å². The van der Waals surface area contributed by atoms with Crippen molar-refractivity contribution in [3.63, 3.8) is 0 Å². The van der Waals surface area contributed by atoms with Crippen molar-refractivity contribution in [1.82, 2.24) is 4.90 Å². The SMILES string of the molecule is CCOC(=O)C1(CCOC)CCN(Cc2ccc(OCC)c(CO)c2)CC1. The van der Waals surface area contributed by atoms with Crippen LogP contribution in [0.3, 0.4) is 0 Å². The lowest BCUT2D eigenvalue weighted by molar-refractivity contribution is -0.160. The summed E-state index contributed by atoms with van der Waals surface area (Å²) in [6.07, 6.45) is 2.26. The number of benzene rings is 1. The lowest BCUT2D eigenvalue weighted by Crippen LogP contribution is -2.45. The summed E-state index contributed by atoms with van der Waals surface area (Å²) in [6.45, 7) is 7.77. The Morgan fingerprint density at radius 3 is 2.56 bits per heavy atom. The van der Waals surface area contributed by atoms with Gasteiger partial charge >= 0.3 is 5.97 Å². The molecule has 1 aliphatic heterocycles. The highest BCUT2D eigenvalue weighted by Gasteiger charge is 2.42. The first-order valence-electron chi connectivity index (χ1n) is 9.82. The Labute approximate surface area is 162 Å². The Bertz CT molecular complexity index is 596. The molecule has 152 valence electrons. The molecule has 1 fully saturated rings. The van der Waals surface area contributed by atoms with Gasteiger partial charge in [0.25, 0.3) is 0 Å². The number of likely N-dealkylation sites (tertiary alicyclic amines) is 1. The second-order valence-electron chi connectivity index (χ2n) is 7.05. The first kappa shape index (κ1) is 21.7. The number of nitrogens with zero attached hydrogens (tertiary/aromatic N) is 1. The first-order valence-corrected chi connectivity index (χ1v) is 9.82. The van der Waals surface area contributed by atoms with Crippen molar-refractivity contribution in [1.29, 1.82) is 0 Å². The fourth-order valence-electron chi connectivity index (χ4n) is 3.69. The number of carbonyl (C=O) groups excluding carboxylic acids is 1. The Morgan fingerprint density at radius 1 is 1.22 bits per heavy atom. The van der Waals surface area contributed by atoms with Gasteiger partial charge in [0.1, 0.15) is 5.75 Å². The van der Waals surface area contributed by atoms with Crippen molar-refractivity contribution in [3.05, 3.63) is 29.3 Å². The van der Waals surface area contributed by atoms with Crippen molar-refractivity contribution in [2.45, 2.75) is 46.3 Å². The van der Waals surface area contributed by atoms with Crippen LogP contribution in [0.2, 0.25) is 0 Å². The lowest BCUT2D eigenvalue weighted by Gasteiger charge is -2.40. The zero-order valence-corrected chi connectivity index (χ0v) is 16.8. The van der Waals surface area contributed by atoms with Crippen molar-refractivity contribution in [2.75, 3.05) is 40.0 Å². The molecular formula is C21H33NO5. The number of carbonyl (C=O) groups is 1. The van der Waals surface area contributed by atoms with E-state index in [1.807, 2.05) is 32.0 Å². The molecule has 0 radical (unpaired) electrons. The summed E-state index contributed by atoms with van der Waals surface area (Å²) < 4.78 is 16.1. The molecule has 1 aromatic carbocycles. The molecule has 27 heavy (non-hydrogen) atoms. The number of aliphatic hydroxyl groups is 1. The third-order valence-electron chi connectivity index (χ3n) is 5.31. The maximum Gasteiger partial charge on any atom is 0.312 e. The van der Waals surface area contributed by atoms with Gasteiger partial charge in [-0.15, -0.1) is 0 Å². The van der Waals surface area contributed by atoms with E-state index in [4.69, 9.17) is 14.2 Å². The average molecular weight is 379 g/mol. The largest absolute Gasteiger partial charge is 0.494 e. The summed E-state index contributed by atoms with van der Waals surface area (Å²) in [4.78, 5) is 14.9. The molecule has 6 heteroatoms. The summed E-state index contributed by atoms with van der Waals surface area (Å²) in [5, 5.41) is 9.58. The molecule has 0 bridgehead atoms. The molecule has 0 unspecified atom stereocenters. The van der Waals surface area contributed by atoms with Gasteiger partial charge in [-0.05, 0) is 63.9 Å². The Hall–Kier alpha value is -1.63. The molecule has 1 N–H and O–H groups in total. The quantitative estimate of drug-likeness (QED) is 0.631. The minimum Gasteiger partial charge on any atom is -0.494 e. The van der Waals surface area contributed by atoms with Crippen LogP contribution < -0.4 is 4.74 Å². The highest BCUT2D eigenvalue weighted by Crippen LogP contribution is 2.37. The molecule has 0 saturated carbocycles. The summed E-state index contributed by atoms with van der Waals surface area (Å²) in [7, 11) is 1.67. The molecule has 1 saturated heterocycles. The Morgan fingerprint density at radius 2 is 1.96 bits per heavy atom. The van der Waals surface area contributed by atoms with E-state index in [0.29, 0.717) is 26.2 Å². The molecule has 0 aromatic heterocycles. The number of hydrogen-bond acceptors (Lipinski definition) is 6. The molecule has 6 nitrogen and oxygen atoms in total. The number of methoxy groups -OCH3 is 1. The second kappa shape index (κ2) is 10.6. The maximum absolute atomic E-state index is 12.5. The standard InChI is InChI=1S/C21H33NO5/c1-4-26-19-7-6-17(14-18(19)16-23)15-22-11-8-21(9-12-22,10-13-25-3)20(24)27-5-2/h6-7,14,23H,4-5,8-13,15-16H2,1-3H3. The predicted octanol–water partition coefficient (Wildman–Crippen LogP) is 2.76. The fraction of sp³-hybridized carbons (Fsp3) is 0.667. The van der Waals surface area contributed by atoms with Crippen LogP contribution in [0.1, 0.15) is 44.2 Å². The van der Waals surface area contributed by atoms with Gasteiger partial charge < -0.3 is 19.3 Å². The van der Waals surface area contributed by atoms with Crippen LogP contribution in [0.4, 0.5) is 0 Å². The van der Waals surface area contributed by atoms with Crippen LogP contribution in [0.25, 0.3) is 0 Å². The van der Waals surface area contributed by atoms with E-state index in [2.05, 4.69) is 4.90 Å². The highest BCUT2D eigenvalue weighted by molar-refractivity contribution is 5.77. The van der Waals surface area contributed by atoms with E-state index in [9.17, 15) is 9.90 Å². The van der Waals surface area contributed by atoms with E-state index >= 15 is 0 Å². The van der Waals surface area contributed by atoms with Crippen LogP contribution in [0.5, 0.6) is 5.75 Å². The number of rotatable bonds is 10. The molecule has 2 rings (SSSR count). The minimum absolute atomic E-state index is 0.0356. The first-order chi connectivity index (χ1) is 13.1. The molecule has 0 spiro atoms. The Balaban J connectivity index is 2.00. The van der Waals surface area contributed by atoms with Crippen molar-refractivity contribution < 1.29 is 24.1 Å². The lowest BCUT2D eigenvalue weighted by atomic mass is 9.75. The van der Waals surface area contributed by atoms with E-state index in [0.717, 1.165) is 49.4 Å². The number of ether oxygens (including phenoxy) is 3. The topological polar surface area (TPSA) is 68.2 Å². The minimum atomic E-state index is -0.433. The van der Waals surface area contributed by atoms with Crippen LogP contribution in [0.15, 0.2) is 18.2 Å². The van der Waals surface area contributed by atoms with E-state index < -0.39 is 5.41 Å². The van der Waals surface area contributed by atoms with Gasteiger partial charge in [-0.1, -0.05) is 6.07 Å². The van der Waals surface area contributed by atoms with E-state index in [1.54, 1.807) is 7.11 Å². The third kappa shape index (κ3) is 5.67. The van der Waals surface area contributed by atoms with Crippen LogP contribution in [0, 0.1) is 5.41 Å². The monoisotopic (exact) mass is 379 g/mol. The molecular weight excluding hydrogens is 346 g/mol. The second-order valence-corrected chi connectivity index (χ2v) is 7.05. The van der Waals surface area contributed by atoms with Crippen LogP contribution in [-0.4, -0.2) is 56.0 Å². The average Bonchev–Trinajstić information content (AvgIpc) is 2.69. The maximum atomic E-state index is 12.5. The van der Waals surface area contributed by atoms with Gasteiger partial charge in [0.15, 0.2) is 0 Å². The van der Waals surface area contributed by atoms with Gasteiger partial charge in [-0.2, -0.15) is 0 Å². The van der Waals surface area contributed by atoms with Gasteiger partial charge in [-0.25, -0.2) is 0 Å². The number of esters is 1. The van der Waals surface area contributed by atoms with Crippen LogP contribution >= 0.6 is 0 Å². The smallest absolute Gasteiger partial charge is 0.312 e. The summed E-state index contributed by atoms with van der Waals surface area (Å²) in [5.74, 6) is 0.647. The molecule has 0 aliphatic carbocycles. The van der Waals surface area contributed by atoms with Crippen molar-refractivity contribution >= 4 is 5.97 Å². The zero-order valence-electron chi connectivity index (χ0n) is 16.8. The highest BCUT2D eigenvalue weighted by atomic mass is 16.5. The van der Waals surface area contributed by atoms with E-state index in [-0.39, 0.29) is 12.6 Å². The molecule has 0 atom stereocenters. The Kier molecular flexibility index (Phi) is 8.54. The zero-order chi connectivity index (χ0) is 19.7. The molecule has 0 amide bonds. The van der Waals surface area contributed by atoms with Crippen molar-refractivity contribution in [3.8, 4) is 5.75 Å². The third-order valence-corrected chi connectivity index (χ3v) is 5.31. The number of aliphatic hydroxyl groups excluding tert-OH is 1. The van der Waals surface area contributed by atoms with Gasteiger partial charge in [0.2, 0.25) is 0 Å². The summed E-state index contributed by atoms with van der Waals surface area (Å²) >= 11 is 0. The van der Waals surface area contributed by atoms with Crippen LogP contribution in [-0.2, 0) is 27.4 Å². The molecule has 1 aromatic rings. The van der Waals surface area contributed by atoms with Crippen molar-refractivity contribution in [2.24, 2.45) is 5.41 Å².